The molecule has 0 spiro atoms. The molecule has 15 aromatic rings. The highest BCUT2D eigenvalue weighted by Crippen LogP contribution is 2.42. The molecule has 15 rings (SSSR count). The first kappa shape index (κ1) is 38.0. The largest absolute Gasteiger partial charge is 0.455 e. The van der Waals surface area contributed by atoms with Gasteiger partial charge in [-0.15, -0.1) is 0 Å². The van der Waals surface area contributed by atoms with E-state index < -0.39 is 0 Å². The molecule has 3 heterocycles. The molecule has 3 nitrogen and oxygen atoms in total. The van der Waals surface area contributed by atoms with Crippen LogP contribution in [0.15, 0.2) is 247 Å². The molecule has 0 fully saturated rings. The fourth-order valence-corrected chi connectivity index (χ4v) is 11.5. The van der Waals surface area contributed by atoms with Crippen LogP contribution in [-0.4, -0.2) is 9.13 Å². The van der Waals surface area contributed by atoms with Crippen LogP contribution in [0.2, 0.25) is 0 Å². The lowest BCUT2D eigenvalue weighted by Crippen LogP contribution is -1.94. The monoisotopic (exact) mass is 876 g/mol. The van der Waals surface area contributed by atoms with Gasteiger partial charge in [-0.2, -0.15) is 0 Å². The Balaban J connectivity index is 0.779. The molecule has 0 unspecified atom stereocenters. The van der Waals surface area contributed by atoms with Crippen molar-refractivity contribution in [3.8, 4) is 44.8 Å². The van der Waals surface area contributed by atoms with E-state index in [1.54, 1.807) is 0 Å². The van der Waals surface area contributed by atoms with Crippen LogP contribution in [0, 0.1) is 0 Å². The molecule has 0 amide bonds. The van der Waals surface area contributed by atoms with E-state index in [0.717, 1.165) is 44.4 Å². The van der Waals surface area contributed by atoms with Crippen molar-refractivity contribution in [3.63, 3.8) is 0 Å². The third kappa shape index (κ3) is 5.68. The standard InChI is InChI=1S/C66H40N2O/c1-2-14-51-49(12-1)50-13-3-4-15-52(50)58-40-47(34-35-53(51)58)68-62-22-9-6-17-55(62)60-39-45(31-37-64(60)68)42-26-24-41(25-27-42)44-30-36-63-59(38-44)54-16-5-8-21-61(54)67(63)46-32-28-43(29-33-46)48-19-11-20-57-56-18-7-10-23-65(56)69-66(48)57/h1-40H. The highest BCUT2D eigenvalue weighted by molar-refractivity contribution is 6.26. The van der Waals surface area contributed by atoms with Crippen molar-refractivity contribution in [1.82, 2.24) is 9.13 Å². The lowest BCUT2D eigenvalue weighted by atomic mass is 9.94. The predicted molar refractivity (Wildman–Crippen MR) is 291 cm³/mol. The van der Waals surface area contributed by atoms with Crippen LogP contribution in [0.5, 0.6) is 0 Å². The van der Waals surface area contributed by atoms with Gasteiger partial charge in [0.1, 0.15) is 11.2 Å². The highest BCUT2D eigenvalue weighted by atomic mass is 16.3. The number of aromatic nitrogens is 2. The maximum atomic E-state index is 6.40. The van der Waals surface area contributed by atoms with Crippen molar-refractivity contribution >= 4 is 97.9 Å². The average Bonchev–Trinajstić information content (AvgIpc) is 4.08. The van der Waals surface area contributed by atoms with E-state index in [-0.39, 0.29) is 0 Å². The van der Waals surface area contributed by atoms with E-state index in [0.29, 0.717) is 0 Å². The first-order valence-electron chi connectivity index (χ1n) is 23.7. The summed E-state index contributed by atoms with van der Waals surface area (Å²) in [4.78, 5) is 0. The number of para-hydroxylation sites is 4. The van der Waals surface area contributed by atoms with Crippen LogP contribution in [0.4, 0.5) is 0 Å². The molecule has 12 aromatic carbocycles. The lowest BCUT2D eigenvalue weighted by molar-refractivity contribution is 0.670. The molecule has 0 aliphatic heterocycles. The first-order valence-corrected chi connectivity index (χ1v) is 23.7. The van der Waals surface area contributed by atoms with Gasteiger partial charge >= 0.3 is 0 Å². The van der Waals surface area contributed by atoms with Crippen LogP contribution < -0.4 is 0 Å². The Bertz CT molecular complexity index is 4550. The van der Waals surface area contributed by atoms with Crippen molar-refractivity contribution in [1.29, 1.82) is 0 Å². The van der Waals surface area contributed by atoms with E-state index in [1.165, 1.54) is 98.2 Å². The second kappa shape index (κ2) is 14.7. The lowest BCUT2D eigenvalue weighted by Gasteiger charge is -2.14. The number of fused-ring (bicyclic) bond motifs is 15. The number of hydrogen-bond acceptors (Lipinski definition) is 1. The summed E-state index contributed by atoms with van der Waals surface area (Å²) in [5.74, 6) is 0. The molecule has 0 saturated heterocycles. The highest BCUT2D eigenvalue weighted by Gasteiger charge is 2.18. The Hall–Kier alpha value is -9.18. The molecule has 3 heteroatoms. The van der Waals surface area contributed by atoms with E-state index in [2.05, 4.69) is 240 Å². The van der Waals surface area contributed by atoms with Gasteiger partial charge in [-0.25, -0.2) is 0 Å². The molecule has 0 aliphatic rings. The summed E-state index contributed by atoms with van der Waals surface area (Å²) in [6, 6.07) is 88.7. The van der Waals surface area contributed by atoms with Crippen molar-refractivity contribution < 1.29 is 4.42 Å². The zero-order valence-electron chi connectivity index (χ0n) is 37.4. The van der Waals surface area contributed by atoms with Crippen LogP contribution in [0.1, 0.15) is 0 Å². The van der Waals surface area contributed by atoms with E-state index in [4.69, 9.17) is 4.42 Å². The quantitative estimate of drug-likeness (QED) is 0.158. The van der Waals surface area contributed by atoms with E-state index >= 15 is 0 Å². The molecular weight excluding hydrogens is 837 g/mol. The van der Waals surface area contributed by atoms with Crippen molar-refractivity contribution in [2.45, 2.75) is 0 Å². The molecule has 0 atom stereocenters. The molecule has 0 aliphatic carbocycles. The minimum absolute atomic E-state index is 0.913. The SMILES string of the molecule is c1ccc2c(c1)oc1c(-c3ccc(-n4c5ccccc5c5cc(-c6ccc(-c7ccc8c(c7)c7ccccc7n8-c7ccc8c9ccccc9c9ccccc9c8c7)cc6)ccc54)cc3)cccc12. The fraction of sp³-hybridized carbons (Fsp3) is 0. The third-order valence-corrected chi connectivity index (χ3v) is 14.7. The fourth-order valence-electron chi connectivity index (χ4n) is 11.5. The van der Waals surface area contributed by atoms with Gasteiger partial charge in [0.15, 0.2) is 0 Å². The zero-order chi connectivity index (χ0) is 45.2. The molecule has 0 radical (unpaired) electrons. The minimum atomic E-state index is 0.913. The molecule has 3 aromatic heterocycles. The first-order chi connectivity index (χ1) is 34.2. The summed E-state index contributed by atoms with van der Waals surface area (Å²) in [5, 5.41) is 15.0. The summed E-state index contributed by atoms with van der Waals surface area (Å²) in [6.07, 6.45) is 0. The van der Waals surface area contributed by atoms with Crippen LogP contribution in [0.3, 0.4) is 0 Å². The Kier molecular flexibility index (Phi) is 8.07. The molecule has 320 valence electrons. The number of nitrogens with zero attached hydrogens (tertiary/aromatic N) is 2. The topological polar surface area (TPSA) is 23.0 Å². The van der Waals surface area contributed by atoms with Gasteiger partial charge < -0.3 is 13.6 Å². The smallest absolute Gasteiger partial charge is 0.143 e. The van der Waals surface area contributed by atoms with E-state index in [9.17, 15) is 0 Å². The maximum absolute atomic E-state index is 6.40. The van der Waals surface area contributed by atoms with Crippen LogP contribution >= 0.6 is 0 Å². The van der Waals surface area contributed by atoms with Gasteiger partial charge in [0, 0.05) is 49.3 Å². The van der Waals surface area contributed by atoms with Gasteiger partial charge in [-0.3, -0.25) is 0 Å². The molecule has 0 saturated carbocycles. The molecule has 69 heavy (non-hydrogen) atoms. The van der Waals surface area contributed by atoms with E-state index in [1.807, 2.05) is 12.1 Å². The summed E-state index contributed by atoms with van der Waals surface area (Å²) in [5.41, 5.74) is 15.9. The molecule has 0 N–H and O–H groups in total. The number of furan rings is 1. The van der Waals surface area contributed by atoms with Crippen LogP contribution in [-0.2, 0) is 0 Å². The maximum Gasteiger partial charge on any atom is 0.143 e. The Morgan fingerprint density at radius 1 is 0.232 bits per heavy atom. The van der Waals surface area contributed by atoms with Crippen molar-refractivity contribution in [2.24, 2.45) is 0 Å². The normalized spacial score (nSPS) is 12.1. The summed E-state index contributed by atoms with van der Waals surface area (Å²) in [6.45, 7) is 0. The van der Waals surface area contributed by atoms with Crippen molar-refractivity contribution in [2.75, 3.05) is 0 Å². The molecular formula is C66H40N2O. The van der Waals surface area contributed by atoms with Gasteiger partial charge in [-0.1, -0.05) is 176 Å². The number of benzene rings is 12. The minimum Gasteiger partial charge on any atom is -0.455 e. The van der Waals surface area contributed by atoms with Gasteiger partial charge in [0.05, 0.1) is 22.1 Å². The zero-order valence-corrected chi connectivity index (χ0v) is 37.4. The van der Waals surface area contributed by atoms with Gasteiger partial charge in [0.2, 0.25) is 0 Å². The Labute approximate surface area is 396 Å². The summed E-state index contributed by atoms with van der Waals surface area (Å²) < 4.78 is 11.2. The second-order valence-corrected chi connectivity index (χ2v) is 18.4. The number of hydrogen-bond donors (Lipinski definition) is 0. The van der Waals surface area contributed by atoms with Crippen LogP contribution in [0.25, 0.3) is 143 Å². The summed E-state index contributed by atoms with van der Waals surface area (Å²) in [7, 11) is 0. The Morgan fingerprint density at radius 2 is 0.652 bits per heavy atom. The summed E-state index contributed by atoms with van der Waals surface area (Å²) >= 11 is 0. The second-order valence-electron chi connectivity index (χ2n) is 18.4. The van der Waals surface area contributed by atoms with Gasteiger partial charge in [0.25, 0.3) is 0 Å². The average molecular weight is 877 g/mol. The Morgan fingerprint density at radius 3 is 1.25 bits per heavy atom. The number of rotatable bonds is 5. The van der Waals surface area contributed by atoms with Gasteiger partial charge in [-0.05, 0) is 127 Å². The van der Waals surface area contributed by atoms with Crippen molar-refractivity contribution in [3.05, 3.63) is 243 Å². The molecule has 0 bridgehead atoms. The predicted octanol–water partition coefficient (Wildman–Crippen LogP) is 18.2. The third-order valence-electron chi connectivity index (χ3n) is 14.7.